The molecule has 33 heavy (non-hydrogen) atoms. The maximum absolute atomic E-state index is 12.3. The van der Waals surface area contributed by atoms with Crippen LogP contribution in [0.5, 0.6) is 11.5 Å². The van der Waals surface area contributed by atoms with Crippen LogP contribution in [0, 0.1) is 5.92 Å². The fourth-order valence-corrected chi connectivity index (χ4v) is 3.49. The number of aromatic hydroxyl groups is 1. The van der Waals surface area contributed by atoms with Crippen molar-refractivity contribution < 1.29 is 19.4 Å². The van der Waals surface area contributed by atoms with Crippen molar-refractivity contribution >= 4 is 40.4 Å². The Morgan fingerprint density at radius 2 is 1.88 bits per heavy atom. The maximum Gasteiger partial charge on any atom is 0.271 e. The summed E-state index contributed by atoms with van der Waals surface area (Å²) in [5.41, 5.74) is 3.49. The van der Waals surface area contributed by atoms with Gasteiger partial charge in [0, 0.05) is 30.1 Å². The number of benzene rings is 3. The molecule has 3 aromatic carbocycles. The van der Waals surface area contributed by atoms with Crippen LogP contribution in [-0.2, 0) is 4.79 Å². The van der Waals surface area contributed by atoms with Crippen LogP contribution < -0.4 is 10.2 Å². The molecular formula is C25H26ClN3O4. The average Bonchev–Trinajstić information content (AvgIpc) is 2.79. The quantitative estimate of drug-likeness (QED) is 0.378. The van der Waals surface area contributed by atoms with E-state index in [1.165, 1.54) is 24.4 Å². The maximum atomic E-state index is 12.3. The van der Waals surface area contributed by atoms with Gasteiger partial charge in [0.15, 0.2) is 6.61 Å². The molecule has 0 aliphatic rings. The van der Waals surface area contributed by atoms with Gasteiger partial charge in [0.05, 0.1) is 11.2 Å². The van der Waals surface area contributed by atoms with Gasteiger partial charge in [-0.05, 0) is 41.6 Å². The van der Waals surface area contributed by atoms with Crippen LogP contribution in [0.15, 0.2) is 59.7 Å². The number of amides is 2. The minimum absolute atomic E-state index is 0.0497. The first kappa shape index (κ1) is 24.1. The van der Waals surface area contributed by atoms with Crippen molar-refractivity contribution in [2.75, 3.05) is 20.2 Å². The summed E-state index contributed by atoms with van der Waals surface area (Å²) < 4.78 is 5.82. The number of ether oxygens (including phenoxy) is 1. The third-order valence-corrected chi connectivity index (χ3v) is 5.22. The summed E-state index contributed by atoms with van der Waals surface area (Å²) in [4.78, 5) is 26.3. The van der Waals surface area contributed by atoms with Crippen LogP contribution in [0.3, 0.4) is 0 Å². The van der Waals surface area contributed by atoms with Gasteiger partial charge in [-0.3, -0.25) is 9.59 Å². The zero-order chi connectivity index (χ0) is 24.0. The summed E-state index contributed by atoms with van der Waals surface area (Å²) >= 11 is 5.85. The minimum Gasteiger partial charge on any atom is -0.506 e. The van der Waals surface area contributed by atoms with E-state index >= 15 is 0 Å². The summed E-state index contributed by atoms with van der Waals surface area (Å²) in [7, 11) is 1.77. The molecule has 2 amide bonds. The standard InChI is InChI=1S/C25H26ClN3O4/c1-16(2)14-29(3)24(31)15-33-23-11-9-18(19-6-4-5-7-20(19)23)13-27-28-25(32)17-8-10-22(30)21(26)12-17/h4-13,16,30H,14-15H2,1-3H3,(H,28,32)/b27-13-. The number of likely N-dealkylation sites (N-methyl/N-ethyl adjacent to an activating group) is 1. The van der Waals surface area contributed by atoms with Crippen LogP contribution >= 0.6 is 11.6 Å². The first-order chi connectivity index (χ1) is 15.8. The van der Waals surface area contributed by atoms with Crippen molar-refractivity contribution in [3.05, 3.63) is 70.7 Å². The predicted octanol–water partition coefficient (Wildman–Crippen LogP) is 4.46. The van der Waals surface area contributed by atoms with Crippen LogP contribution in [-0.4, -0.2) is 48.2 Å². The van der Waals surface area contributed by atoms with Gasteiger partial charge in [-0.25, -0.2) is 5.43 Å². The summed E-state index contributed by atoms with van der Waals surface area (Å²) in [6, 6.07) is 15.4. The monoisotopic (exact) mass is 467 g/mol. The largest absolute Gasteiger partial charge is 0.506 e. The van der Waals surface area contributed by atoms with Gasteiger partial charge < -0.3 is 14.7 Å². The normalized spacial score (nSPS) is 11.2. The van der Waals surface area contributed by atoms with Crippen molar-refractivity contribution in [1.29, 1.82) is 0 Å². The van der Waals surface area contributed by atoms with Gasteiger partial charge >= 0.3 is 0 Å². The number of carbonyl (C=O) groups excluding carboxylic acids is 2. The second kappa shape index (κ2) is 10.8. The number of hydrogen-bond acceptors (Lipinski definition) is 5. The second-order valence-electron chi connectivity index (χ2n) is 8.02. The highest BCUT2D eigenvalue weighted by Gasteiger charge is 2.13. The molecule has 2 N–H and O–H groups in total. The number of hydrogen-bond donors (Lipinski definition) is 2. The molecule has 0 atom stereocenters. The molecule has 0 radical (unpaired) electrons. The summed E-state index contributed by atoms with van der Waals surface area (Å²) in [5.74, 6) is 0.331. The lowest BCUT2D eigenvalue weighted by Gasteiger charge is -2.20. The fourth-order valence-electron chi connectivity index (χ4n) is 3.31. The van der Waals surface area contributed by atoms with Gasteiger partial charge in [0.25, 0.3) is 11.8 Å². The Morgan fingerprint density at radius 1 is 1.15 bits per heavy atom. The lowest BCUT2D eigenvalue weighted by molar-refractivity contribution is -0.132. The highest BCUT2D eigenvalue weighted by Crippen LogP contribution is 2.28. The first-order valence-electron chi connectivity index (χ1n) is 10.5. The van der Waals surface area contributed by atoms with E-state index in [0.29, 0.717) is 18.2 Å². The number of nitrogens with one attached hydrogen (secondary N) is 1. The van der Waals surface area contributed by atoms with E-state index in [2.05, 4.69) is 24.4 Å². The lowest BCUT2D eigenvalue weighted by atomic mass is 10.0. The van der Waals surface area contributed by atoms with Crippen molar-refractivity contribution in [1.82, 2.24) is 10.3 Å². The Balaban J connectivity index is 1.72. The molecule has 7 nitrogen and oxygen atoms in total. The van der Waals surface area contributed by atoms with Crippen molar-refractivity contribution in [2.45, 2.75) is 13.8 Å². The molecule has 0 saturated heterocycles. The Bertz CT molecular complexity index is 1190. The molecule has 0 aliphatic heterocycles. The second-order valence-corrected chi connectivity index (χ2v) is 8.43. The molecule has 0 fully saturated rings. The predicted molar refractivity (Wildman–Crippen MR) is 130 cm³/mol. The minimum atomic E-state index is -0.457. The van der Waals surface area contributed by atoms with Gasteiger partial charge in [0.2, 0.25) is 0 Å². The number of nitrogens with zero attached hydrogens (tertiary/aromatic N) is 2. The molecule has 3 aromatic rings. The highest BCUT2D eigenvalue weighted by atomic mass is 35.5. The zero-order valence-electron chi connectivity index (χ0n) is 18.7. The van der Waals surface area contributed by atoms with E-state index in [-0.39, 0.29) is 28.8 Å². The van der Waals surface area contributed by atoms with Gasteiger partial charge in [0.1, 0.15) is 11.5 Å². The number of hydrazone groups is 1. The van der Waals surface area contributed by atoms with Crippen molar-refractivity contribution in [3.63, 3.8) is 0 Å². The molecule has 0 saturated carbocycles. The number of carbonyl (C=O) groups is 2. The first-order valence-corrected chi connectivity index (χ1v) is 10.8. The summed E-state index contributed by atoms with van der Waals surface area (Å²) in [5, 5.41) is 15.3. The van der Waals surface area contributed by atoms with E-state index in [1.807, 2.05) is 30.3 Å². The fraction of sp³-hybridized carbons (Fsp3) is 0.240. The topological polar surface area (TPSA) is 91.2 Å². The molecule has 3 rings (SSSR count). The van der Waals surface area contributed by atoms with Gasteiger partial charge in [-0.1, -0.05) is 49.7 Å². The molecule has 0 bridgehead atoms. The Morgan fingerprint density at radius 3 is 2.58 bits per heavy atom. The van der Waals surface area contributed by atoms with E-state index in [0.717, 1.165) is 16.3 Å². The Kier molecular flexibility index (Phi) is 7.90. The Hall–Kier alpha value is -3.58. The number of phenols is 1. The Labute approximate surface area is 197 Å². The zero-order valence-corrected chi connectivity index (χ0v) is 19.5. The van der Waals surface area contributed by atoms with Crippen molar-refractivity contribution in [3.8, 4) is 11.5 Å². The molecule has 172 valence electrons. The van der Waals surface area contributed by atoms with Crippen LogP contribution in [0.1, 0.15) is 29.8 Å². The third-order valence-electron chi connectivity index (χ3n) is 4.91. The van der Waals surface area contributed by atoms with E-state index in [4.69, 9.17) is 16.3 Å². The SMILES string of the molecule is CC(C)CN(C)C(=O)COc1ccc(/C=N\NC(=O)c2ccc(O)c(Cl)c2)c2ccccc12. The molecule has 0 unspecified atom stereocenters. The molecule has 0 spiro atoms. The number of fused-ring (bicyclic) bond motifs is 1. The molecule has 0 aliphatic carbocycles. The number of rotatable bonds is 8. The number of halogens is 1. The molecular weight excluding hydrogens is 442 g/mol. The van der Waals surface area contributed by atoms with E-state index in [9.17, 15) is 14.7 Å². The lowest BCUT2D eigenvalue weighted by Crippen LogP contribution is -2.34. The smallest absolute Gasteiger partial charge is 0.271 e. The molecule has 0 heterocycles. The highest BCUT2D eigenvalue weighted by molar-refractivity contribution is 6.32. The third kappa shape index (κ3) is 6.23. The van der Waals surface area contributed by atoms with Crippen LogP contribution in [0.2, 0.25) is 5.02 Å². The summed E-state index contributed by atoms with van der Waals surface area (Å²) in [6.45, 7) is 4.73. The van der Waals surface area contributed by atoms with Crippen molar-refractivity contribution in [2.24, 2.45) is 11.0 Å². The van der Waals surface area contributed by atoms with E-state index in [1.54, 1.807) is 18.0 Å². The summed E-state index contributed by atoms with van der Waals surface area (Å²) in [6.07, 6.45) is 1.54. The van der Waals surface area contributed by atoms with E-state index < -0.39 is 5.91 Å². The van der Waals surface area contributed by atoms with Crippen LogP contribution in [0.4, 0.5) is 0 Å². The average molecular weight is 468 g/mol. The van der Waals surface area contributed by atoms with Crippen LogP contribution in [0.25, 0.3) is 10.8 Å². The van der Waals surface area contributed by atoms with Gasteiger partial charge in [-0.2, -0.15) is 5.10 Å². The molecule has 0 aromatic heterocycles. The number of phenolic OH excluding ortho intramolecular Hbond substituents is 1. The molecule has 8 heteroatoms. The van der Waals surface area contributed by atoms with Gasteiger partial charge in [-0.15, -0.1) is 0 Å².